The Morgan fingerprint density at radius 3 is 2.67 bits per heavy atom. The number of thioether (sulfide) groups is 1. The molecule has 126 valence electrons. The molecule has 5 nitrogen and oxygen atoms in total. The third-order valence-electron chi connectivity index (χ3n) is 3.15. The van der Waals surface area contributed by atoms with Crippen molar-refractivity contribution in [2.24, 2.45) is 0 Å². The van der Waals surface area contributed by atoms with Crippen LogP contribution in [0.4, 0.5) is 10.1 Å². The third kappa shape index (κ3) is 6.00. The monoisotopic (exact) mass is 347 g/mol. The molecule has 1 heterocycles. The molecule has 1 atom stereocenters. The number of carbonyl (C=O) groups is 2. The number of carbonyl (C=O) groups excluding carboxylic acids is 2. The van der Waals surface area contributed by atoms with Crippen LogP contribution in [0.1, 0.15) is 12.5 Å². The largest absolute Gasteiger partial charge is 0.351 e. The number of nitrogens with zero attached hydrogens (tertiary/aromatic N) is 1. The van der Waals surface area contributed by atoms with E-state index in [0.29, 0.717) is 12.2 Å². The van der Waals surface area contributed by atoms with Crippen LogP contribution in [0.25, 0.3) is 0 Å². The van der Waals surface area contributed by atoms with E-state index in [1.165, 1.54) is 36.0 Å². The number of hydrogen-bond acceptors (Lipinski definition) is 4. The van der Waals surface area contributed by atoms with E-state index < -0.39 is 0 Å². The molecule has 0 saturated carbocycles. The number of nitrogens with one attached hydrogen (secondary N) is 2. The van der Waals surface area contributed by atoms with Crippen LogP contribution >= 0.6 is 11.8 Å². The molecule has 1 aromatic heterocycles. The van der Waals surface area contributed by atoms with E-state index in [1.807, 2.05) is 6.07 Å². The SMILES string of the molecule is CC(SCC(=O)Nc1ccc(F)cc1)C(=O)NCc1cccnc1. The molecule has 1 aromatic carbocycles. The molecule has 2 aromatic rings. The first kappa shape index (κ1) is 17.9. The van der Waals surface area contributed by atoms with Gasteiger partial charge in [0.25, 0.3) is 0 Å². The standard InChI is InChI=1S/C17H18FN3O2S/c1-12(17(23)20-10-13-3-2-8-19-9-13)24-11-16(22)21-15-6-4-14(18)5-7-15/h2-9,12H,10-11H2,1H3,(H,20,23)(H,21,22). The molecule has 2 N–H and O–H groups in total. The van der Waals surface area contributed by atoms with Crippen molar-refractivity contribution in [3.8, 4) is 0 Å². The van der Waals surface area contributed by atoms with Gasteiger partial charge in [0, 0.05) is 24.6 Å². The van der Waals surface area contributed by atoms with Crippen LogP contribution in [0.15, 0.2) is 48.8 Å². The molecule has 0 aliphatic heterocycles. The summed E-state index contributed by atoms with van der Waals surface area (Å²) in [5.41, 5.74) is 1.44. The Labute approximate surface area is 144 Å². The molecule has 0 fully saturated rings. The van der Waals surface area contributed by atoms with Gasteiger partial charge < -0.3 is 10.6 Å². The fourth-order valence-electron chi connectivity index (χ4n) is 1.84. The van der Waals surface area contributed by atoms with E-state index >= 15 is 0 Å². The maximum absolute atomic E-state index is 12.8. The van der Waals surface area contributed by atoms with E-state index in [1.54, 1.807) is 25.4 Å². The van der Waals surface area contributed by atoms with Crippen molar-refractivity contribution in [1.82, 2.24) is 10.3 Å². The molecule has 24 heavy (non-hydrogen) atoms. The van der Waals surface area contributed by atoms with E-state index in [2.05, 4.69) is 15.6 Å². The fraction of sp³-hybridized carbons (Fsp3) is 0.235. The summed E-state index contributed by atoms with van der Waals surface area (Å²) in [6, 6.07) is 9.21. The molecule has 0 saturated heterocycles. The molecule has 0 radical (unpaired) electrons. The van der Waals surface area contributed by atoms with Crippen molar-refractivity contribution < 1.29 is 14.0 Å². The number of rotatable bonds is 7. The molecule has 7 heteroatoms. The Kier molecular flexibility index (Phi) is 6.74. The summed E-state index contributed by atoms with van der Waals surface area (Å²) in [4.78, 5) is 27.8. The van der Waals surface area contributed by atoms with Gasteiger partial charge in [0.05, 0.1) is 11.0 Å². The van der Waals surface area contributed by atoms with Gasteiger partial charge in [-0.05, 0) is 42.8 Å². The molecule has 0 aliphatic carbocycles. The Bertz CT molecular complexity index is 680. The van der Waals surface area contributed by atoms with Crippen LogP contribution in [0.2, 0.25) is 0 Å². The maximum atomic E-state index is 12.8. The summed E-state index contributed by atoms with van der Waals surface area (Å²) in [5, 5.41) is 5.10. The van der Waals surface area contributed by atoms with Crippen LogP contribution in [-0.4, -0.2) is 27.8 Å². The number of amides is 2. The normalized spacial score (nSPS) is 11.6. The van der Waals surface area contributed by atoms with Gasteiger partial charge in [-0.25, -0.2) is 4.39 Å². The van der Waals surface area contributed by atoms with Crippen molar-refractivity contribution in [2.45, 2.75) is 18.7 Å². The van der Waals surface area contributed by atoms with Crippen molar-refractivity contribution in [3.63, 3.8) is 0 Å². The number of anilines is 1. The van der Waals surface area contributed by atoms with Gasteiger partial charge in [0.1, 0.15) is 5.82 Å². The Morgan fingerprint density at radius 2 is 2.00 bits per heavy atom. The summed E-state index contributed by atoms with van der Waals surface area (Å²) in [5.74, 6) is -0.600. The zero-order valence-corrected chi connectivity index (χ0v) is 14.0. The quantitative estimate of drug-likeness (QED) is 0.808. The first-order valence-corrected chi connectivity index (χ1v) is 8.43. The molecule has 2 amide bonds. The van der Waals surface area contributed by atoms with Crippen molar-refractivity contribution >= 4 is 29.3 Å². The minimum Gasteiger partial charge on any atom is -0.351 e. The van der Waals surface area contributed by atoms with Crippen LogP contribution in [0.3, 0.4) is 0 Å². The van der Waals surface area contributed by atoms with Crippen molar-refractivity contribution in [1.29, 1.82) is 0 Å². The molecule has 0 spiro atoms. The molecule has 0 bridgehead atoms. The number of halogens is 1. The Morgan fingerprint density at radius 1 is 1.25 bits per heavy atom. The van der Waals surface area contributed by atoms with Gasteiger partial charge in [-0.1, -0.05) is 6.07 Å². The molecule has 2 rings (SSSR count). The predicted octanol–water partition coefficient (Wildman–Crippen LogP) is 2.60. The highest BCUT2D eigenvalue weighted by Gasteiger charge is 2.15. The van der Waals surface area contributed by atoms with Gasteiger partial charge in [0.15, 0.2) is 0 Å². The second kappa shape index (κ2) is 9.02. The van der Waals surface area contributed by atoms with Crippen LogP contribution in [0, 0.1) is 5.82 Å². The first-order valence-electron chi connectivity index (χ1n) is 7.38. The summed E-state index contributed by atoms with van der Waals surface area (Å²) < 4.78 is 12.8. The molecular formula is C17H18FN3O2S. The third-order valence-corrected chi connectivity index (χ3v) is 4.29. The lowest BCUT2D eigenvalue weighted by molar-refractivity contribution is -0.120. The van der Waals surface area contributed by atoms with Crippen LogP contribution in [-0.2, 0) is 16.1 Å². The average Bonchev–Trinajstić information content (AvgIpc) is 2.60. The summed E-state index contributed by atoms with van der Waals surface area (Å²) in [7, 11) is 0. The van der Waals surface area contributed by atoms with Crippen molar-refractivity contribution in [3.05, 3.63) is 60.2 Å². The van der Waals surface area contributed by atoms with Gasteiger partial charge in [0.2, 0.25) is 11.8 Å². The number of pyridine rings is 1. The number of hydrogen-bond donors (Lipinski definition) is 2. The van der Waals surface area contributed by atoms with Gasteiger partial charge in [-0.15, -0.1) is 11.8 Å². The predicted molar refractivity (Wildman–Crippen MR) is 93.0 cm³/mol. The Balaban J connectivity index is 1.71. The average molecular weight is 347 g/mol. The second-order valence-corrected chi connectivity index (χ2v) is 6.42. The topological polar surface area (TPSA) is 71.1 Å². The molecule has 0 aliphatic rings. The summed E-state index contributed by atoms with van der Waals surface area (Å²) in [6.07, 6.45) is 3.36. The smallest absolute Gasteiger partial charge is 0.234 e. The fourth-order valence-corrected chi connectivity index (χ4v) is 2.55. The van der Waals surface area contributed by atoms with Crippen LogP contribution in [0.5, 0.6) is 0 Å². The zero-order chi connectivity index (χ0) is 17.4. The van der Waals surface area contributed by atoms with Crippen LogP contribution < -0.4 is 10.6 Å². The van der Waals surface area contributed by atoms with E-state index in [-0.39, 0.29) is 28.6 Å². The first-order chi connectivity index (χ1) is 11.5. The van der Waals surface area contributed by atoms with E-state index in [4.69, 9.17) is 0 Å². The molecular weight excluding hydrogens is 329 g/mol. The number of benzene rings is 1. The summed E-state index contributed by atoms with van der Waals surface area (Å²) in [6.45, 7) is 2.15. The van der Waals surface area contributed by atoms with Gasteiger partial charge >= 0.3 is 0 Å². The van der Waals surface area contributed by atoms with Crippen molar-refractivity contribution in [2.75, 3.05) is 11.1 Å². The van der Waals surface area contributed by atoms with E-state index in [9.17, 15) is 14.0 Å². The number of aromatic nitrogens is 1. The van der Waals surface area contributed by atoms with E-state index in [0.717, 1.165) is 5.56 Å². The Hall–Kier alpha value is -2.41. The zero-order valence-electron chi connectivity index (χ0n) is 13.2. The minimum atomic E-state index is -0.361. The summed E-state index contributed by atoms with van der Waals surface area (Å²) >= 11 is 1.24. The highest BCUT2D eigenvalue weighted by molar-refractivity contribution is 8.01. The lowest BCUT2D eigenvalue weighted by atomic mass is 10.3. The molecule has 1 unspecified atom stereocenters. The lowest BCUT2D eigenvalue weighted by Gasteiger charge is -2.12. The minimum absolute atomic E-state index is 0.138. The lowest BCUT2D eigenvalue weighted by Crippen LogP contribution is -2.31. The van der Waals surface area contributed by atoms with Gasteiger partial charge in [-0.3, -0.25) is 14.6 Å². The maximum Gasteiger partial charge on any atom is 0.234 e. The highest BCUT2D eigenvalue weighted by Crippen LogP contribution is 2.13. The van der Waals surface area contributed by atoms with Gasteiger partial charge in [-0.2, -0.15) is 0 Å². The second-order valence-electron chi connectivity index (χ2n) is 5.09. The highest BCUT2D eigenvalue weighted by atomic mass is 32.2.